The quantitative estimate of drug-likeness (QED) is 0.740. The van der Waals surface area contributed by atoms with Crippen LogP contribution in [0.2, 0.25) is 0 Å². The lowest BCUT2D eigenvalue weighted by molar-refractivity contribution is -0.132. The molecule has 1 aliphatic heterocycles. The van der Waals surface area contributed by atoms with Crippen LogP contribution in [-0.4, -0.2) is 48.9 Å². The smallest absolute Gasteiger partial charge is 0.223 e. The number of rotatable bonds is 5. The fraction of sp³-hybridized carbons (Fsp3) is 0.429. The summed E-state index contributed by atoms with van der Waals surface area (Å²) in [7, 11) is 1.90. The van der Waals surface area contributed by atoms with Crippen molar-refractivity contribution in [2.75, 3.05) is 13.1 Å². The highest BCUT2D eigenvalue weighted by Gasteiger charge is 2.27. The summed E-state index contributed by atoms with van der Waals surface area (Å²) in [6, 6.07) is 8.51. The van der Waals surface area contributed by atoms with E-state index in [1.165, 1.54) is 11.1 Å². The predicted octanol–water partition coefficient (Wildman–Crippen LogP) is 2.85. The maximum atomic E-state index is 12.8. The number of benzene rings is 1. The molecule has 1 aliphatic rings. The van der Waals surface area contributed by atoms with Gasteiger partial charge in [-0.2, -0.15) is 5.10 Å². The second-order valence-corrected chi connectivity index (χ2v) is 7.60. The van der Waals surface area contributed by atoms with Crippen LogP contribution < -0.4 is 0 Å². The minimum absolute atomic E-state index is 0.184. The molecule has 7 nitrogen and oxygen atoms in total. The Kier molecular flexibility index (Phi) is 5.23. The molecule has 1 N–H and O–H groups in total. The van der Waals surface area contributed by atoms with E-state index in [4.69, 9.17) is 0 Å². The van der Waals surface area contributed by atoms with Gasteiger partial charge in [-0.3, -0.25) is 9.89 Å². The monoisotopic (exact) mass is 378 g/mol. The van der Waals surface area contributed by atoms with Crippen LogP contribution in [0.1, 0.15) is 42.3 Å². The number of nitrogens with zero attached hydrogens (tertiary/aromatic N) is 5. The van der Waals surface area contributed by atoms with Crippen LogP contribution in [0.25, 0.3) is 11.1 Å². The molecule has 1 saturated heterocycles. The molecule has 4 rings (SSSR count). The van der Waals surface area contributed by atoms with Crippen LogP contribution in [0.5, 0.6) is 0 Å². The van der Waals surface area contributed by atoms with Crippen molar-refractivity contribution in [1.29, 1.82) is 0 Å². The minimum Gasteiger partial charge on any atom is -0.342 e. The Hall–Kier alpha value is -2.96. The molecular weight excluding hydrogens is 352 g/mol. The zero-order valence-corrected chi connectivity index (χ0v) is 16.4. The number of H-pyrrole nitrogens is 1. The topological polar surface area (TPSA) is 79.7 Å². The highest BCUT2D eigenvalue weighted by atomic mass is 16.2. The maximum Gasteiger partial charge on any atom is 0.223 e. The minimum atomic E-state index is 0.184. The molecule has 1 amide bonds. The third-order valence-corrected chi connectivity index (χ3v) is 5.58. The van der Waals surface area contributed by atoms with Crippen molar-refractivity contribution in [3.8, 4) is 11.1 Å². The maximum absolute atomic E-state index is 12.8. The molecule has 7 heteroatoms. The highest BCUT2D eigenvalue weighted by Crippen LogP contribution is 2.33. The average molecular weight is 378 g/mol. The molecular formula is C21H26N6O. The first-order chi connectivity index (χ1) is 13.6. The number of hydrogen-bond donors (Lipinski definition) is 1. The first kappa shape index (κ1) is 18.4. The SMILES string of the molecule is Cc1ccc(-c2cn[nH]c2[C@@H]2CCCN(C(=O)CCc3nncn3C)C2)cc1. The number of likely N-dealkylation sites (tertiary alicyclic amines) is 1. The van der Waals surface area contributed by atoms with Gasteiger partial charge in [-0.15, -0.1) is 10.2 Å². The zero-order valence-electron chi connectivity index (χ0n) is 16.4. The molecule has 3 heterocycles. The van der Waals surface area contributed by atoms with Gasteiger partial charge in [-0.1, -0.05) is 29.8 Å². The second-order valence-electron chi connectivity index (χ2n) is 7.60. The Bertz CT molecular complexity index is 942. The van der Waals surface area contributed by atoms with E-state index in [1.54, 1.807) is 6.33 Å². The van der Waals surface area contributed by atoms with Gasteiger partial charge in [0.2, 0.25) is 5.91 Å². The summed E-state index contributed by atoms with van der Waals surface area (Å²) in [6.07, 6.45) is 6.72. The fourth-order valence-corrected chi connectivity index (χ4v) is 3.92. The van der Waals surface area contributed by atoms with Gasteiger partial charge in [-0.05, 0) is 25.3 Å². The average Bonchev–Trinajstić information content (AvgIpc) is 3.36. The molecule has 1 atom stereocenters. The van der Waals surface area contributed by atoms with E-state index in [0.29, 0.717) is 12.8 Å². The summed E-state index contributed by atoms with van der Waals surface area (Å²) in [6.45, 7) is 3.65. The van der Waals surface area contributed by atoms with E-state index >= 15 is 0 Å². The van der Waals surface area contributed by atoms with Gasteiger partial charge >= 0.3 is 0 Å². The molecule has 2 aromatic heterocycles. The van der Waals surface area contributed by atoms with Gasteiger partial charge in [0.1, 0.15) is 12.2 Å². The molecule has 0 saturated carbocycles. The van der Waals surface area contributed by atoms with Crippen molar-refractivity contribution in [2.45, 2.75) is 38.5 Å². The lowest BCUT2D eigenvalue weighted by atomic mass is 9.90. The van der Waals surface area contributed by atoms with Crippen LogP contribution in [0.3, 0.4) is 0 Å². The van der Waals surface area contributed by atoms with Crippen molar-refractivity contribution >= 4 is 5.91 Å². The summed E-state index contributed by atoms with van der Waals surface area (Å²) in [5.74, 6) is 1.31. The van der Waals surface area contributed by atoms with Gasteiger partial charge in [0.05, 0.1) is 6.20 Å². The normalized spacial score (nSPS) is 17.1. The Morgan fingerprint density at radius 2 is 2.11 bits per heavy atom. The van der Waals surface area contributed by atoms with E-state index in [2.05, 4.69) is 51.6 Å². The highest BCUT2D eigenvalue weighted by molar-refractivity contribution is 5.76. The van der Waals surface area contributed by atoms with Gasteiger partial charge in [-0.25, -0.2) is 0 Å². The van der Waals surface area contributed by atoms with Crippen molar-refractivity contribution in [3.05, 3.63) is 53.9 Å². The molecule has 28 heavy (non-hydrogen) atoms. The number of carbonyl (C=O) groups is 1. The lowest BCUT2D eigenvalue weighted by Crippen LogP contribution is -2.39. The number of nitrogens with one attached hydrogen (secondary N) is 1. The first-order valence-corrected chi connectivity index (χ1v) is 9.83. The predicted molar refractivity (Wildman–Crippen MR) is 107 cm³/mol. The molecule has 146 valence electrons. The van der Waals surface area contributed by atoms with Crippen molar-refractivity contribution in [2.24, 2.45) is 7.05 Å². The number of piperidine rings is 1. The van der Waals surface area contributed by atoms with Crippen LogP contribution in [0, 0.1) is 6.92 Å². The molecule has 0 spiro atoms. The van der Waals surface area contributed by atoms with Gasteiger partial charge in [0.25, 0.3) is 0 Å². The number of carbonyl (C=O) groups excluding carboxylic acids is 1. The molecule has 1 fully saturated rings. The fourth-order valence-electron chi connectivity index (χ4n) is 3.92. The Balaban J connectivity index is 1.44. The number of aromatic amines is 1. The number of amides is 1. The zero-order chi connectivity index (χ0) is 19.5. The van der Waals surface area contributed by atoms with Gasteiger partial charge < -0.3 is 9.47 Å². The number of aromatic nitrogens is 5. The third kappa shape index (κ3) is 3.83. The summed E-state index contributed by atoms with van der Waals surface area (Å²) < 4.78 is 1.87. The number of aryl methyl sites for hydroxylation is 3. The molecule has 0 bridgehead atoms. The Morgan fingerprint density at radius 3 is 2.86 bits per heavy atom. The lowest BCUT2D eigenvalue weighted by Gasteiger charge is -2.33. The molecule has 1 aromatic carbocycles. The largest absolute Gasteiger partial charge is 0.342 e. The van der Waals surface area contributed by atoms with Crippen LogP contribution in [-0.2, 0) is 18.3 Å². The van der Waals surface area contributed by atoms with Crippen molar-refractivity contribution in [3.63, 3.8) is 0 Å². The van der Waals surface area contributed by atoms with Crippen LogP contribution in [0.4, 0.5) is 0 Å². The van der Waals surface area contributed by atoms with Crippen molar-refractivity contribution in [1.82, 2.24) is 29.9 Å². The standard InChI is InChI=1S/C21H26N6O/c1-15-5-7-16(8-6-15)18-12-22-25-21(18)17-4-3-11-27(13-17)20(28)10-9-19-24-23-14-26(19)2/h5-8,12,14,17H,3-4,9-11,13H2,1-2H3,(H,22,25)/t17-/m1/s1. The summed E-state index contributed by atoms with van der Waals surface area (Å²) >= 11 is 0. The second kappa shape index (κ2) is 7.96. The molecule has 3 aromatic rings. The summed E-state index contributed by atoms with van der Waals surface area (Å²) in [4.78, 5) is 14.7. The summed E-state index contributed by atoms with van der Waals surface area (Å²) in [5, 5.41) is 15.4. The van der Waals surface area contributed by atoms with E-state index in [-0.39, 0.29) is 11.8 Å². The van der Waals surface area contributed by atoms with E-state index < -0.39 is 0 Å². The molecule has 0 radical (unpaired) electrons. The van der Waals surface area contributed by atoms with E-state index in [1.807, 2.05) is 22.7 Å². The Labute approximate surface area is 164 Å². The van der Waals surface area contributed by atoms with E-state index in [9.17, 15) is 4.79 Å². The molecule has 0 aliphatic carbocycles. The van der Waals surface area contributed by atoms with Crippen molar-refractivity contribution < 1.29 is 4.79 Å². The van der Waals surface area contributed by atoms with Gasteiger partial charge in [0, 0.05) is 50.2 Å². The van der Waals surface area contributed by atoms with Gasteiger partial charge in [0.15, 0.2) is 0 Å². The van der Waals surface area contributed by atoms with Crippen LogP contribution >= 0.6 is 0 Å². The number of hydrogen-bond acceptors (Lipinski definition) is 4. The first-order valence-electron chi connectivity index (χ1n) is 9.83. The van der Waals surface area contributed by atoms with E-state index in [0.717, 1.165) is 43.0 Å². The van der Waals surface area contributed by atoms with Crippen LogP contribution in [0.15, 0.2) is 36.8 Å². The summed E-state index contributed by atoms with van der Waals surface area (Å²) in [5.41, 5.74) is 4.68. The third-order valence-electron chi connectivity index (χ3n) is 5.58. The Morgan fingerprint density at radius 1 is 1.29 bits per heavy atom. The molecule has 0 unspecified atom stereocenters.